The molecule has 1 aliphatic rings. The Morgan fingerprint density at radius 2 is 1.92 bits per heavy atom. The predicted octanol–water partition coefficient (Wildman–Crippen LogP) is 2.06. The molecule has 1 aromatic heterocycles. The number of nitrogens with zero attached hydrogens (tertiary/aromatic N) is 3. The highest BCUT2D eigenvalue weighted by Gasteiger charge is 2.26. The molecule has 0 saturated carbocycles. The van der Waals surface area contributed by atoms with Gasteiger partial charge in [-0.2, -0.15) is 0 Å². The number of amides is 1. The summed E-state index contributed by atoms with van der Waals surface area (Å²) < 4.78 is 0. The highest BCUT2D eigenvalue weighted by atomic mass is 16.2. The van der Waals surface area contributed by atoms with Gasteiger partial charge in [0.2, 0.25) is 0 Å². The summed E-state index contributed by atoms with van der Waals surface area (Å²) in [4.78, 5) is 21.3. The van der Waals surface area contributed by atoms with Crippen molar-refractivity contribution in [3.63, 3.8) is 0 Å². The first-order valence-corrected chi connectivity index (χ1v) is 8.42. The van der Waals surface area contributed by atoms with Crippen molar-refractivity contribution < 1.29 is 4.79 Å². The van der Waals surface area contributed by atoms with Crippen LogP contribution in [0.15, 0.2) is 48.8 Å². The molecule has 1 fully saturated rings. The van der Waals surface area contributed by atoms with E-state index in [-0.39, 0.29) is 5.91 Å². The third kappa shape index (κ3) is 3.47. The molecule has 1 aromatic carbocycles. The molecule has 1 saturated heterocycles. The summed E-state index contributed by atoms with van der Waals surface area (Å²) in [5, 5.41) is 0. The first-order chi connectivity index (χ1) is 11.7. The van der Waals surface area contributed by atoms with Crippen LogP contribution in [-0.2, 0) is 6.54 Å². The van der Waals surface area contributed by atoms with Crippen molar-refractivity contribution in [2.24, 2.45) is 5.73 Å². The second-order valence-corrected chi connectivity index (χ2v) is 6.15. The number of carbonyl (C=O) groups is 1. The molecule has 24 heavy (non-hydrogen) atoms. The van der Waals surface area contributed by atoms with E-state index in [1.807, 2.05) is 41.4 Å². The lowest BCUT2D eigenvalue weighted by Crippen LogP contribution is -2.49. The van der Waals surface area contributed by atoms with Crippen LogP contribution in [-0.4, -0.2) is 46.9 Å². The summed E-state index contributed by atoms with van der Waals surface area (Å²) in [7, 11) is 0. The molecule has 1 amide bonds. The van der Waals surface area contributed by atoms with Crippen LogP contribution < -0.4 is 5.73 Å². The van der Waals surface area contributed by atoms with Crippen LogP contribution in [0.5, 0.6) is 0 Å². The summed E-state index contributed by atoms with van der Waals surface area (Å²) in [5.41, 5.74) is 8.61. The van der Waals surface area contributed by atoms with Gasteiger partial charge in [-0.3, -0.25) is 14.7 Å². The van der Waals surface area contributed by atoms with E-state index in [2.05, 4.69) is 22.9 Å². The van der Waals surface area contributed by atoms with E-state index in [1.54, 1.807) is 6.20 Å². The van der Waals surface area contributed by atoms with Gasteiger partial charge in [0.05, 0.1) is 0 Å². The molecule has 2 N–H and O–H groups in total. The van der Waals surface area contributed by atoms with Crippen molar-refractivity contribution in [2.45, 2.75) is 19.5 Å². The molecule has 0 spiro atoms. The smallest absolute Gasteiger partial charge is 0.254 e. The molecule has 0 aliphatic carbocycles. The van der Waals surface area contributed by atoms with Gasteiger partial charge in [-0.05, 0) is 30.2 Å². The minimum absolute atomic E-state index is 0.0877. The third-order valence-corrected chi connectivity index (χ3v) is 4.78. The molecule has 5 nitrogen and oxygen atoms in total. The molecule has 0 radical (unpaired) electrons. The molecule has 2 heterocycles. The van der Waals surface area contributed by atoms with Gasteiger partial charge in [-0.1, -0.05) is 24.3 Å². The second kappa shape index (κ2) is 7.55. The molecular weight excluding hydrogens is 300 g/mol. The standard InChI is InChI=1S/C19H24N4O/c1-15(17-6-4-8-21-14-17)22-9-11-23(12-10-22)19(24)18-7-3-2-5-16(18)13-20/h2-8,14-15H,9-13,20H2,1H3. The maximum atomic E-state index is 12.8. The quantitative estimate of drug-likeness (QED) is 0.935. The summed E-state index contributed by atoms with van der Waals surface area (Å²) in [6.45, 7) is 5.79. The van der Waals surface area contributed by atoms with Gasteiger partial charge >= 0.3 is 0 Å². The van der Waals surface area contributed by atoms with Crippen LogP contribution in [0.4, 0.5) is 0 Å². The molecule has 5 heteroatoms. The number of hydrogen-bond acceptors (Lipinski definition) is 4. The number of benzene rings is 1. The lowest BCUT2D eigenvalue weighted by molar-refractivity contribution is 0.0581. The Kier molecular flexibility index (Phi) is 5.23. The monoisotopic (exact) mass is 324 g/mol. The summed E-state index contributed by atoms with van der Waals surface area (Å²) in [5.74, 6) is 0.0877. The number of nitrogens with two attached hydrogens (primary N) is 1. The maximum absolute atomic E-state index is 12.8. The fourth-order valence-corrected chi connectivity index (χ4v) is 3.22. The normalized spacial score (nSPS) is 16.8. The van der Waals surface area contributed by atoms with Crippen LogP contribution >= 0.6 is 0 Å². The van der Waals surface area contributed by atoms with Crippen molar-refractivity contribution in [3.05, 3.63) is 65.5 Å². The molecule has 1 unspecified atom stereocenters. The number of piperazine rings is 1. The average molecular weight is 324 g/mol. The lowest BCUT2D eigenvalue weighted by atomic mass is 10.1. The highest BCUT2D eigenvalue weighted by molar-refractivity contribution is 5.95. The number of pyridine rings is 1. The zero-order chi connectivity index (χ0) is 16.9. The van der Waals surface area contributed by atoms with E-state index in [0.717, 1.165) is 37.3 Å². The maximum Gasteiger partial charge on any atom is 0.254 e. The number of rotatable bonds is 4. The van der Waals surface area contributed by atoms with Crippen LogP contribution in [0.1, 0.15) is 34.5 Å². The zero-order valence-corrected chi connectivity index (χ0v) is 14.1. The Morgan fingerprint density at radius 1 is 1.17 bits per heavy atom. The number of carbonyl (C=O) groups excluding carboxylic acids is 1. The average Bonchev–Trinajstić information content (AvgIpc) is 2.67. The predicted molar refractivity (Wildman–Crippen MR) is 94.5 cm³/mol. The van der Waals surface area contributed by atoms with Crippen molar-refractivity contribution in [1.82, 2.24) is 14.8 Å². The van der Waals surface area contributed by atoms with Crippen molar-refractivity contribution >= 4 is 5.91 Å². The molecule has 0 bridgehead atoms. The van der Waals surface area contributed by atoms with Crippen LogP contribution in [0, 0.1) is 0 Å². The van der Waals surface area contributed by atoms with E-state index in [9.17, 15) is 4.79 Å². The van der Waals surface area contributed by atoms with Crippen LogP contribution in [0.2, 0.25) is 0 Å². The fraction of sp³-hybridized carbons (Fsp3) is 0.368. The minimum atomic E-state index is 0.0877. The van der Waals surface area contributed by atoms with E-state index in [4.69, 9.17) is 5.73 Å². The molecular formula is C19H24N4O. The van der Waals surface area contributed by atoms with Crippen LogP contribution in [0.3, 0.4) is 0 Å². The minimum Gasteiger partial charge on any atom is -0.336 e. The first kappa shape index (κ1) is 16.6. The SMILES string of the molecule is CC(c1cccnc1)N1CCN(C(=O)c2ccccc2CN)CC1. The molecule has 1 atom stereocenters. The van der Waals surface area contributed by atoms with Gasteiger partial charge in [-0.25, -0.2) is 0 Å². The highest BCUT2D eigenvalue weighted by Crippen LogP contribution is 2.21. The van der Waals surface area contributed by atoms with Gasteiger partial charge in [0.1, 0.15) is 0 Å². The summed E-state index contributed by atoms with van der Waals surface area (Å²) in [6.07, 6.45) is 3.71. The summed E-state index contributed by atoms with van der Waals surface area (Å²) >= 11 is 0. The summed E-state index contributed by atoms with van der Waals surface area (Å²) in [6, 6.07) is 12.0. The Bertz CT molecular complexity index is 681. The van der Waals surface area contributed by atoms with Gasteiger partial charge in [0, 0.05) is 56.7 Å². The lowest BCUT2D eigenvalue weighted by Gasteiger charge is -2.38. The molecule has 126 valence electrons. The zero-order valence-electron chi connectivity index (χ0n) is 14.1. The van der Waals surface area contributed by atoms with Crippen LogP contribution in [0.25, 0.3) is 0 Å². The van der Waals surface area contributed by atoms with Crippen molar-refractivity contribution in [3.8, 4) is 0 Å². The Balaban J connectivity index is 1.64. The van der Waals surface area contributed by atoms with Crippen molar-refractivity contribution in [1.29, 1.82) is 0 Å². The van der Waals surface area contributed by atoms with E-state index in [1.165, 1.54) is 5.56 Å². The Morgan fingerprint density at radius 3 is 2.58 bits per heavy atom. The van der Waals surface area contributed by atoms with E-state index >= 15 is 0 Å². The van der Waals surface area contributed by atoms with E-state index in [0.29, 0.717) is 12.6 Å². The molecule has 3 rings (SSSR count). The molecule has 1 aliphatic heterocycles. The molecule has 2 aromatic rings. The van der Waals surface area contributed by atoms with Gasteiger partial charge < -0.3 is 10.6 Å². The van der Waals surface area contributed by atoms with Gasteiger partial charge in [0.25, 0.3) is 5.91 Å². The van der Waals surface area contributed by atoms with E-state index < -0.39 is 0 Å². The third-order valence-electron chi connectivity index (χ3n) is 4.78. The fourth-order valence-electron chi connectivity index (χ4n) is 3.22. The largest absolute Gasteiger partial charge is 0.336 e. The number of aromatic nitrogens is 1. The topological polar surface area (TPSA) is 62.5 Å². The van der Waals surface area contributed by atoms with Gasteiger partial charge in [-0.15, -0.1) is 0 Å². The number of hydrogen-bond donors (Lipinski definition) is 1. The first-order valence-electron chi connectivity index (χ1n) is 8.42. The Hall–Kier alpha value is -2.24. The van der Waals surface area contributed by atoms with Crippen molar-refractivity contribution in [2.75, 3.05) is 26.2 Å². The second-order valence-electron chi connectivity index (χ2n) is 6.15. The Labute approximate surface area is 143 Å². The van der Waals surface area contributed by atoms with Gasteiger partial charge in [0.15, 0.2) is 0 Å².